The van der Waals surface area contributed by atoms with Crippen LogP contribution in [0.2, 0.25) is 0 Å². The maximum Gasteiger partial charge on any atom is 0.181 e. The molecule has 0 saturated heterocycles. The molecule has 1 heterocycles. The molecule has 0 bridgehead atoms. The van der Waals surface area contributed by atoms with Crippen LogP contribution in [0.1, 0.15) is 5.56 Å². The van der Waals surface area contributed by atoms with Crippen molar-refractivity contribution in [1.82, 2.24) is 15.2 Å². The van der Waals surface area contributed by atoms with Crippen LogP contribution in [-0.2, 0) is 0 Å². The van der Waals surface area contributed by atoms with E-state index in [9.17, 15) is 4.39 Å². The van der Waals surface area contributed by atoms with Crippen LogP contribution >= 0.6 is 0 Å². The molecule has 0 radical (unpaired) electrons. The zero-order valence-corrected chi connectivity index (χ0v) is 10.4. The number of rotatable bonds is 2. The average molecular weight is 253 g/mol. The van der Waals surface area contributed by atoms with E-state index in [-0.39, 0.29) is 5.82 Å². The summed E-state index contributed by atoms with van der Waals surface area (Å²) in [6, 6.07) is 14.5. The minimum atomic E-state index is -0.277. The van der Waals surface area contributed by atoms with Crippen molar-refractivity contribution in [2.24, 2.45) is 0 Å². The van der Waals surface area contributed by atoms with Gasteiger partial charge in [-0.2, -0.15) is 5.10 Å². The third-order valence-corrected chi connectivity index (χ3v) is 2.83. The third-order valence-electron chi connectivity index (χ3n) is 2.83. The summed E-state index contributed by atoms with van der Waals surface area (Å²) in [6.07, 6.45) is 0. The van der Waals surface area contributed by atoms with Crippen LogP contribution in [0.5, 0.6) is 0 Å². The zero-order chi connectivity index (χ0) is 13.2. The highest BCUT2D eigenvalue weighted by atomic mass is 19.1. The Bertz CT molecular complexity index is 684. The second kappa shape index (κ2) is 4.65. The highest BCUT2D eigenvalue weighted by molar-refractivity contribution is 5.61. The fraction of sp³-hybridized carbons (Fsp3) is 0.0667. The maximum atomic E-state index is 13.4. The Balaban J connectivity index is 2.02. The van der Waals surface area contributed by atoms with E-state index in [2.05, 4.69) is 15.2 Å². The number of nitrogens with zero attached hydrogens (tertiary/aromatic N) is 2. The van der Waals surface area contributed by atoms with Crippen molar-refractivity contribution in [2.75, 3.05) is 0 Å². The average Bonchev–Trinajstić information content (AvgIpc) is 2.88. The van der Waals surface area contributed by atoms with Gasteiger partial charge in [0.05, 0.1) is 0 Å². The molecule has 0 fully saturated rings. The first kappa shape index (κ1) is 11.6. The summed E-state index contributed by atoms with van der Waals surface area (Å²) in [7, 11) is 0. The van der Waals surface area contributed by atoms with E-state index in [1.54, 1.807) is 0 Å². The Morgan fingerprint density at radius 2 is 1.79 bits per heavy atom. The summed E-state index contributed by atoms with van der Waals surface area (Å²) in [5, 5.41) is 7.02. The molecular weight excluding hydrogens is 241 g/mol. The number of aromatic amines is 1. The Hall–Kier alpha value is -2.49. The van der Waals surface area contributed by atoms with Gasteiger partial charge < -0.3 is 0 Å². The van der Waals surface area contributed by atoms with Crippen molar-refractivity contribution in [3.63, 3.8) is 0 Å². The number of nitrogens with one attached hydrogen (secondary N) is 1. The van der Waals surface area contributed by atoms with Crippen LogP contribution in [0.4, 0.5) is 4.39 Å². The van der Waals surface area contributed by atoms with E-state index in [1.807, 2.05) is 43.3 Å². The van der Waals surface area contributed by atoms with Crippen LogP contribution in [0.15, 0.2) is 48.5 Å². The predicted molar refractivity (Wildman–Crippen MR) is 71.9 cm³/mol. The van der Waals surface area contributed by atoms with Gasteiger partial charge >= 0.3 is 0 Å². The summed E-state index contributed by atoms with van der Waals surface area (Å²) in [5.74, 6) is 0.903. The largest absolute Gasteiger partial charge is 0.259 e. The van der Waals surface area contributed by atoms with Gasteiger partial charge in [-0.3, -0.25) is 5.10 Å². The molecule has 1 aromatic heterocycles. The SMILES string of the molecule is Cc1cc(F)cc(-c2n[nH]c(-c3ccccc3)n2)c1. The predicted octanol–water partition coefficient (Wildman–Crippen LogP) is 3.59. The van der Waals surface area contributed by atoms with E-state index < -0.39 is 0 Å². The van der Waals surface area contributed by atoms with Crippen LogP contribution in [-0.4, -0.2) is 15.2 Å². The molecule has 0 amide bonds. The fourth-order valence-electron chi connectivity index (χ4n) is 1.98. The van der Waals surface area contributed by atoms with Crippen LogP contribution < -0.4 is 0 Å². The van der Waals surface area contributed by atoms with E-state index in [0.717, 1.165) is 11.1 Å². The van der Waals surface area contributed by atoms with Gasteiger partial charge in [-0.15, -0.1) is 0 Å². The van der Waals surface area contributed by atoms with Crippen molar-refractivity contribution < 1.29 is 4.39 Å². The first-order valence-electron chi connectivity index (χ1n) is 5.98. The van der Waals surface area contributed by atoms with Gasteiger partial charge in [0, 0.05) is 11.1 Å². The van der Waals surface area contributed by atoms with Crippen LogP contribution in [0.3, 0.4) is 0 Å². The van der Waals surface area contributed by atoms with Crippen molar-refractivity contribution in [2.45, 2.75) is 6.92 Å². The lowest BCUT2D eigenvalue weighted by molar-refractivity contribution is 0.627. The lowest BCUT2D eigenvalue weighted by Gasteiger charge is -1.98. The first-order valence-corrected chi connectivity index (χ1v) is 5.98. The monoisotopic (exact) mass is 253 g/mol. The molecule has 0 aliphatic carbocycles. The van der Waals surface area contributed by atoms with Gasteiger partial charge in [0.2, 0.25) is 0 Å². The third kappa shape index (κ3) is 2.38. The van der Waals surface area contributed by atoms with Gasteiger partial charge in [-0.25, -0.2) is 9.37 Å². The van der Waals surface area contributed by atoms with Crippen LogP contribution in [0, 0.1) is 12.7 Å². The molecule has 0 aliphatic rings. The molecule has 4 heteroatoms. The molecule has 1 N–H and O–H groups in total. The van der Waals surface area contributed by atoms with E-state index in [0.29, 0.717) is 17.2 Å². The van der Waals surface area contributed by atoms with Gasteiger partial charge in [-0.1, -0.05) is 30.3 Å². The maximum absolute atomic E-state index is 13.4. The molecule has 2 aromatic carbocycles. The molecule has 0 aliphatic heterocycles. The second-order valence-electron chi connectivity index (χ2n) is 4.39. The summed E-state index contributed by atoms with van der Waals surface area (Å²) >= 11 is 0. The van der Waals surface area contributed by atoms with Crippen molar-refractivity contribution in [3.8, 4) is 22.8 Å². The van der Waals surface area contributed by atoms with E-state index >= 15 is 0 Å². The quantitative estimate of drug-likeness (QED) is 0.758. The summed E-state index contributed by atoms with van der Waals surface area (Å²) in [4.78, 5) is 4.40. The normalized spacial score (nSPS) is 10.6. The first-order chi connectivity index (χ1) is 9.22. The lowest BCUT2D eigenvalue weighted by Crippen LogP contribution is -1.85. The Morgan fingerprint density at radius 3 is 2.53 bits per heavy atom. The summed E-state index contributed by atoms with van der Waals surface area (Å²) < 4.78 is 13.4. The molecule has 3 nitrogen and oxygen atoms in total. The van der Waals surface area contributed by atoms with Crippen LogP contribution in [0.25, 0.3) is 22.8 Å². The molecule has 3 aromatic rings. The number of aryl methyl sites for hydroxylation is 1. The minimum absolute atomic E-state index is 0.277. The number of benzene rings is 2. The minimum Gasteiger partial charge on any atom is -0.259 e. The Kier molecular flexibility index (Phi) is 2.83. The number of hydrogen-bond donors (Lipinski definition) is 1. The van der Waals surface area contributed by atoms with E-state index in [1.165, 1.54) is 12.1 Å². The van der Waals surface area contributed by atoms with Crippen molar-refractivity contribution in [3.05, 3.63) is 59.9 Å². The molecule has 0 unspecified atom stereocenters. The number of hydrogen-bond acceptors (Lipinski definition) is 2. The molecular formula is C15H12FN3. The Morgan fingerprint density at radius 1 is 1.00 bits per heavy atom. The second-order valence-corrected chi connectivity index (χ2v) is 4.39. The number of H-pyrrole nitrogens is 1. The standard InChI is InChI=1S/C15H12FN3/c1-10-7-12(9-13(16)8-10)15-17-14(18-19-15)11-5-3-2-4-6-11/h2-9H,1H3,(H,17,18,19). The molecule has 0 atom stereocenters. The van der Waals surface area contributed by atoms with Crippen molar-refractivity contribution >= 4 is 0 Å². The highest BCUT2D eigenvalue weighted by Gasteiger charge is 2.08. The van der Waals surface area contributed by atoms with Crippen molar-refractivity contribution in [1.29, 1.82) is 0 Å². The molecule has 19 heavy (non-hydrogen) atoms. The fourth-order valence-corrected chi connectivity index (χ4v) is 1.98. The number of halogens is 1. The topological polar surface area (TPSA) is 41.6 Å². The molecule has 3 rings (SSSR count). The summed E-state index contributed by atoms with van der Waals surface area (Å²) in [5.41, 5.74) is 2.48. The van der Waals surface area contributed by atoms with E-state index in [4.69, 9.17) is 0 Å². The van der Waals surface area contributed by atoms with Gasteiger partial charge in [-0.05, 0) is 30.7 Å². The molecule has 94 valence electrons. The lowest BCUT2D eigenvalue weighted by atomic mass is 10.1. The molecule has 0 saturated carbocycles. The number of aromatic nitrogens is 3. The zero-order valence-electron chi connectivity index (χ0n) is 10.4. The van der Waals surface area contributed by atoms with Gasteiger partial charge in [0.15, 0.2) is 11.6 Å². The highest BCUT2D eigenvalue weighted by Crippen LogP contribution is 2.21. The van der Waals surface area contributed by atoms with Gasteiger partial charge in [0.25, 0.3) is 0 Å². The Labute approximate surface area is 110 Å². The van der Waals surface area contributed by atoms with Gasteiger partial charge in [0.1, 0.15) is 5.82 Å². The smallest absolute Gasteiger partial charge is 0.181 e. The molecule has 0 spiro atoms. The summed E-state index contributed by atoms with van der Waals surface area (Å²) in [6.45, 7) is 1.84.